The van der Waals surface area contributed by atoms with Gasteiger partial charge in [-0.25, -0.2) is 9.78 Å². The number of allylic oxidation sites excluding steroid dienone is 1. The van der Waals surface area contributed by atoms with Crippen LogP contribution in [0.3, 0.4) is 0 Å². The van der Waals surface area contributed by atoms with Gasteiger partial charge in [-0.15, -0.1) is 0 Å². The van der Waals surface area contributed by atoms with E-state index in [1.165, 1.54) is 0 Å². The second-order valence-electron chi connectivity index (χ2n) is 12.8. The van der Waals surface area contributed by atoms with Gasteiger partial charge in [-0.3, -0.25) is 4.79 Å². The van der Waals surface area contributed by atoms with Crippen molar-refractivity contribution in [2.75, 3.05) is 11.9 Å². The fourth-order valence-corrected chi connectivity index (χ4v) is 5.98. The third kappa shape index (κ3) is 6.67. The van der Waals surface area contributed by atoms with E-state index in [1.54, 1.807) is 0 Å². The molecule has 5 rings (SSSR count). The molecule has 1 atom stereocenters. The van der Waals surface area contributed by atoms with Crippen LogP contribution in [0, 0.1) is 18.3 Å². The molecular formula is C37H39ClN2O3. The van der Waals surface area contributed by atoms with Gasteiger partial charge < -0.3 is 10.1 Å². The summed E-state index contributed by atoms with van der Waals surface area (Å²) < 4.78 is 5.75. The average Bonchev–Trinajstić information content (AvgIpc) is 2.96. The molecule has 1 aliphatic rings. The molecule has 0 spiro atoms. The Hall–Kier alpha value is -3.96. The first-order valence-electron chi connectivity index (χ1n) is 14.9. The van der Waals surface area contributed by atoms with Gasteiger partial charge in [-0.2, -0.15) is 0 Å². The number of esters is 1. The van der Waals surface area contributed by atoms with E-state index in [0.29, 0.717) is 17.0 Å². The lowest BCUT2D eigenvalue weighted by Gasteiger charge is -2.36. The summed E-state index contributed by atoms with van der Waals surface area (Å²) in [5, 5.41) is 4.39. The number of carbonyl (C=O) groups is 2. The maximum absolute atomic E-state index is 13.9. The molecule has 1 aromatic heterocycles. The SMILES string of the molecule is Cc1cccc(C(C)C)c1NC(=O)COC(=O)c1c2c(nc3ccccc13)/C(=C\c1ccc(Cl)cc1)CC(C(C)(C)C)C2. The molecule has 43 heavy (non-hydrogen) atoms. The van der Waals surface area contributed by atoms with Gasteiger partial charge in [0.15, 0.2) is 6.61 Å². The van der Waals surface area contributed by atoms with E-state index in [-0.39, 0.29) is 29.8 Å². The van der Waals surface area contributed by atoms with E-state index in [0.717, 1.165) is 56.5 Å². The molecule has 6 heteroatoms. The molecule has 5 nitrogen and oxygen atoms in total. The van der Waals surface area contributed by atoms with Crippen LogP contribution < -0.4 is 5.32 Å². The predicted octanol–water partition coefficient (Wildman–Crippen LogP) is 9.26. The first-order chi connectivity index (χ1) is 20.4. The van der Waals surface area contributed by atoms with Gasteiger partial charge in [0, 0.05) is 16.1 Å². The van der Waals surface area contributed by atoms with Crippen molar-refractivity contribution in [2.24, 2.45) is 11.3 Å². The molecule has 1 heterocycles. The first-order valence-corrected chi connectivity index (χ1v) is 15.2. The van der Waals surface area contributed by atoms with Gasteiger partial charge in [-0.1, -0.05) is 94.8 Å². The van der Waals surface area contributed by atoms with Crippen molar-refractivity contribution in [3.8, 4) is 0 Å². The van der Waals surface area contributed by atoms with Crippen LogP contribution in [0.15, 0.2) is 66.7 Å². The molecule has 0 saturated carbocycles. The van der Waals surface area contributed by atoms with E-state index < -0.39 is 5.97 Å². The van der Waals surface area contributed by atoms with Crippen molar-refractivity contribution in [3.05, 3.63) is 105 Å². The number of hydrogen-bond acceptors (Lipinski definition) is 4. The second-order valence-corrected chi connectivity index (χ2v) is 13.3. The van der Waals surface area contributed by atoms with Crippen LogP contribution >= 0.6 is 11.6 Å². The summed E-state index contributed by atoms with van der Waals surface area (Å²) in [6.07, 6.45) is 3.66. The fourth-order valence-electron chi connectivity index (χ4n) is 5.85. The molecule has 4 aromatic rings. The quantitative estimate of drug-likeness (QED) is 0.226. The summed E-state index contributed by atoms with van der Waals surface area (Å²) in [5.74, 6) is -0.378. The van der Waals surface area contributed by atoms with Gasteiger partial charge in [0.2, 0.25) is 0 Å². The number of nitrogens with zero attached hydrogens (tertiary/aromatic N) is 1. The summed E-state index contributed by atoms with van der Waals surface area (Å²) in [4.78, 5) is 32.1. The van der Waals surface area contributed by atoms with Crippen molar-refractivity contribution < 1.29 is 14.3 Å². The largest absolute Gasteiger partial charge is 0.452 e. The van der Waals surface area contributed by atoms with Gasteiger partial charge in [-0.05, 0) is 89.1 Å². The predicted molar refractivity (Wildman–Crippen MR) is 177 cm³/mol. The highest BCUT2D eigenvalue weighted by molar-refractivity contribution is 6.30. The zero-order valence-electron chi connectivity index (χ0n) is 25.8. The molecule has 1 unspecified atom stereocenters. The number of fused-ring (bicyclic) bond motifs is 2. The Morgan fingerprint density at radius 3 is 2.44 bits per heavy atom. The summed E-state index contributed by atoms with van der Waals surface area (Å²) in [6, 6.07) is 21.3. The standard InChI is InChI=1S/C37H39ClN2O3/c1-22(2)28-12-9-10-23(3)34(28)40-32(41)21-43-36(42)33-29-11-7-8-13-31(29)39-35-25(18-24-14-16-27(38)17-15-24)19-26(20-30(33)35)37(4,5)6/h7-18,22,26H,19-21H2,1-6H3,(H,40,41)/b25-18-. The first kappa shape index (κ1) is 30.5. The average molecular weight is 595 g/mol. The van der Waals surface area contributed by atoms with E-state index in [1.807, 2.05) is 73.7 Å². The van der Waals surface area contributed by atoms with Crippen molar-refractivity contribution in [3.63, 3.8) is 0 Å². The Bertz CT molecular complexity index is 1710. The smallest absolute Gasteiger partial charge is 0.339 e. The lowest BCUT2D eigenvalue weighted by molar-refractivity contribution is -0.119. The van der Waals surface area contributed by atoms with E-state index in [4.69, 9.17) is 21.3 Å². The van der Waals surface area contributed by atoms with Crippen LogP contribution in [0.25, 0.3) is 22.6 Å². The van der Waals surface area contributed by atoms with Crippen LogP contribution in [-0.2, 0) is 16.0 Å². The monoisotopic (exact) mass is 594 g/mol. The molecule has 222 valence electrons. The number of carbonyl (C=O) groups excluding carboxylic acids is 2. The van der Waals surface area contributed by atoms with Crippen LogP contribution in [0.5, 0.6) is 0 Å². The third-order valence-corrected chi connectivity index (χ3v) is 8.63. The lowest BCUT2D eigenvalue weighted by Crippen LogP contribution is -2.29. The molecule has 0 saturated heterocycles. The summed E-state index contributed by atoms with van der Waals surface area (Å²) in [7, 11) is 0. The highest BCUT2D eigenvalue weighted by atomic mass is 35.5. The van der Waals surface area contributed by atoms with Gasteiger partial charge in [0.05, 0.1) is 16.8 Å². The maximum atomic E-state index is 13.9. The summed E-state index contributed by atoms with van der Waals surface area (Å²) >= 11 is 6.15. The Morgan fingerprint density at radius 1 is 1.02 bits per heavy atom. The number of ether oxygens (including phenoxy) is 1. The number of pyridine rings is 1. The molecule has 0 aliphatic heterocycles. The Labute approximate surface area is 259 Å². The number of benzene rings is 3. The Morgan fingerprint density at radius 2 is 1.74 bits per heavy atom. The summed E-state index contributed by atoms with van der Waals surface area (Å²) in [6.45, 7) is 12.4. The molecule has 3 aromatic carbocycles. The maximum Gasteiger partial charge on any atom is 0.339 e. The molecular weight excluding hydrogens is 556 g/mol. The zero-order chi connectivity index (χ0) is 30.9. The normalized spacial score (nSPS) is 15.9. The van der Waals surface area contributed by atoms with Crippen LogP contribution in [0.4, 0.5) is 5.69 Å². The Balaban J connectivity index is 1.53. The Kier molecular flexibility index (Phi) is 8.75. The number of aryl methyl sites for hydroxylation is 1. The third-order valence-electron chi connectivity index (χ3n) is 8.38. The number of para-hydroxylation sites is 2. The summed E-state index contributed by atoms with van der Waals surface area (Å²) in [5.41, 5.74) is 7.76. The van der Waals surface area contributed by atoms with Gasteiger partial charge in [0.1, 0.15) is 0 Å². The van der Waals surface area contributed by atoms with Crippen LogP contribution in [0.2, 0.25) is 5.02 Å². The molecule has 1 N–H and O–H groups in total. The number of anilines is 1. The number of rotatable bonds is 6. The molecule has 1 amide bonds. The topological polar surface area (TPSA) is 68.3 Å². The van der Waals surface area contributed by atoms with E-state index >= 15 is 0 Å². The highest BCUT2D eigenvalue weighted by Crippen LogP contribution is 2.45. The van der Waals surface area contributed by atoms with Crippen molar-refractivity contribution >= 4 is 51.7 Å². The number of hydrogen-bond donors (Lipinski definition) is 1. The van der Waals surface area contributed by atoms with E-state index in [9.17, 15) is 9.59 Å². The molecule has 0 radical (unpaired) electrons. The van der Waals surface area contributed by atoms with Crippen molar-refractivity contribution in [2.45, 2.75) is 60.3 Å². The van der Waals surface area contributed by atoms with Crippen molar-refractivity contribution in [1.82, 2.24) is 4.98 Å². The number of halogens is 1. The van der Waals surface area contributed by atoms with Gasteiger partial charge >= 0.3 is 5.97 Å². The van der Waals surface area contributed by atoms with Crippen LogP contribution in [-0.4, -0.2) is 23.5 Å². The highest BCUT2D eigenvalue weighted by Gasteiger charge is 2.35. The molecule has 1 aliphatic carbocycles. The number of nitrogens with one attached hydrogen (secondary N) is 1. The number of amides is 1. The lowest BCUT2D eigenvalue weighted by atomic mass is 9.69. The van der Waals surface area contributed by atoms with Crippen LogP contribution in [0.1, 0.15) is 85.3 Å². The second kappa shape index (κ2) is 12.3. The minimum atomic E-state index is -0.515. The minimum Gasteiger partial charge on any atom is -0.452 e. The van der Waals surface area contributed by atoms with Gasteiger partial charge in [0.25, 0.3) is 5.91 Å². The van der Waals surface area contributed by atoms with E-state index in [2.05, 4.69) is 46.0 Å². The fraction of sp³-hybridized carbons (Fsp3) is 0.324. The van der Waals surface area contributed by atoms with Crippen molar-refractivity contribution in [1.29, 1.82) is 0 Å². The number of aromatic nitrogens is 1. The molecule has 0 bridgehead atoms. The molecule has 0 fully saturated rings. The zero-order valence-corrected chi connectivity index (χ0v) is 26.5. The minimum absolute atomic E-state index is 0.00878.